The minimum Gasteiger partial charge on any atom is -0.285 e. The van der Waals surface area contributed by atoms with Crippen LogP contribution in [0, 0.1) is 0 Å². The van der Waals surface area contributed by atoms with Crippen LogP contribution in [0.25, 0.3) is 0 Å². The van der Waals surface area contributed by atoms with Crippen LogP contribution in [0.3, 0.4) is 0 Å². The molecule has 0 spiro atoms. The van der Waals surface area contributed by atoms with E-state index in [0.29, 0.717) is 0 Å². The highest BCUT2D eigenvalue weighted by atomic mass is 32.2. The molecule has 0 aliphatic carbocycles. The van der Waals surface area contributed by atoms with E-state index in [0.717, 1.165) is 5.57 Å². The second kappa shape index (κ2) is 4.59. The molecule has 84 valence electrons. The van der Waals surface area contributed by atoms with Crippen molar-refractivity contribution in [1.29, 1.82) is 0 Å². The molecule has 0 aromatic carbocycles. The predicted molar refractivity (Wildman–Crippen MR) is 63.0 cm³/mol. The second-order valence-electron chi connectivity index (χ2n) is 4.80. The van der Waals surface area contributed by atoms with Crippen molar-refractivity contribution in [1.82, 2.24) is 0 Å². The first-order valence-electron chi connectivity index (χ1n) is 4.67. The molecule has 0 fully saturated rings. The molecule has 1 atom stereocenters. The van der Waals surface area contributed by atoms with E-state index < -0.39 is 24.5 Å². The number of hydrogen-bond donors (Lipinski definition) is 1. The van der Waals surface area contributed by atoms with Crippen LogP contribution in [-0.2, 0) is 10.1 Å². The lowest BCUT2D eigenvalue weighted by molar-refractivity contribution is 0.481. The molecule has 0 aromatic rings. The topological polar surface area (TPSA) is 54.4 Å². The van der Waals surface area contributed by atoms with Gasteiger partial charge in [0, 0.05) is 0 Å². The summed E-state index contributed by atoms with van der Waals surface area (Å²) in [6, 6.07) is 0. The molecule has 1 N–H and O–H groups in total. The van der Waals surface area contributed by atoms with Crippen LogP contribution in [0.5, 0.6) is 0 Å². The predicted octanol–water partition coefficient (Wildman–Crippen LogP) is 1.55. The standard InChI is InChI=1S/C9H20O3SSi/c1-6-7(2)8(13(10,11)12)14-9(3,4)5/h6,8H,14H2,1-5H3,(H,10,11,12). The Balaban J connectivity index is 4.97. The Morgan fingerprint density at radius 1 is 1.43 bits per heavy atom. The molecule has 0 saturated heterocycles. The first kappa shape index (κ1) is 13.9. The third-order valence-corrected chi connectivity index (χ3v) is 7.21. The maximum Gasteiger partial charge on any atom is 0.268 e. The summed E-state index contributed by atoms with van der Waals surface area (Å²) in [5.74, 6) is 0. The van der Waals surface area contributed by atoms with Gasteiger partial charge in [0.05, 0.1) is 14.4 Å². The van der Waals surface area contributed by atoms with Gasteiger partial charge in [-0.3, -0.25) is 4.55 Å². The van der Waals surface area contributed by atoms with Crippen molar-refractivity contribution < 1.29 is 13.0 Å². The summed E-state index contributed by atoms with van der Waals surface area (Å²) in [4.78, 5) is -0.632. The van der Waals surface area contributed by atoms with Crippen LogP contribution < -0.4 is 0 Å². The van der Waals surface area contributed by atoms with E-state index in [1.807, 2.05) is 20.8 Å². The maximum atomic E-state index is 11.2. The van der Waals surface area contributed by atoms with Crippen molar-refractivity contribution >= 4 is 19.6 Å². The number of allylic oxidation sites excluding steroid dienone is 1. The molecule has 14 heavy (non-hydrogen) atoms. The minimum absolute atomic E-state index is 0.0186. The monoisotopic (exact) mass is 236 g/mol. The quantitative estimate of drug-likeness (QED) is 0.459. The Labute approximate surface area is 89.2 Å². The smallest absolute Gasteiger partial charge is 0.268 e. The van der Waals surface area contributed by atoms with Crippen LogP contribution in [0.1, 0.15) is 34.6 Å². The highest BCUT2D eigenvalue weighted by Crippen LogP contribution is 2.26. The van der Waals surface area contributed by atoms with E-state index in [1.54, 1.807) is 19.9 Å². The lowest BCUT2D eigenvalue weighted by atomic mass is 10.2. The second-order valence-corrected chi connectivity index (χ2v) is 10.3. The highest BCUT2D eigenvalue weighted by Gasteiger charge is 2.29. The summed E-state index contributed by atoms with van der Waals surface area (Å²) < 4.78 is 31.4. The van der Waals surface area contributed by atoms with Crippen molar-refractivity contribution in [3.05, 3.63) is 11.6 Å². The van der Waals surface area contributed by atoms with Gasteiger partial charge in [-0.1, -0.05) is 32.4 Å². The van der Waals surface area contributed by atoms with Gasteiger partial charge in [0.15, 0.2) is 0 Å². The number of hydrogen-bond acceptors (Lipinski definition) is 2. The zero-order valence-electron chi connectivity index (χ0n) is 9.53. The Hall–Kier alpha value is -0.133. The van der Waals surface area contributed by atoms with Crippen LogP contribution >= 0.6 is 0 Å². The Bertz CT molecular complexity index is 311. The fourth-order valence-electron chi connectivity index (χ4n) is 1.24. The summed E-state index contributed by atoms with van der Waals surface area (Å²) in [5, 5.41) is 0.0186. The van der Waals surface area contributed by atoms with Crippen LogP contribution in [-0.4, -0.2) is 27.4 Å². The largest absolute Gasteiger partial charge is 0.285 e. The van der Waals surface area contributed by atoms with Gasteiger partial charge in [0.2, 0.25) is 0 Å². The van der Waals surface area contributed by atoms with Crippen molar-refractivity contribution in [2.24, 2.45) is 0 Å². The third kappa shape index (κ3) is 4.93. The average Bonchev–Trinajstić information content (AvgIpc) is 1.95. The van der Waals surface area contributed by atoms with E-state index in [1.165, 1.54) is 0 Å². The van der Waals surface area contributed by atoms with Crippen LogP contribution in [0.15, 0.2) is 11.6 Å². The minimum atomic E-state index is -3.92. The van der Waals surface area contributed by atoms with Gasteiger partial charge >= 0.3 is 0 Å². The summed E-state index contributed by atoms with van der Waals surface area (Å²) in [5.41, 5.74) is 0.758. The number of rotatable bonds is 3. The normalized spacial score (nSPS) is 17.7. The molecule has 0 bridgehead atoms. The van der Waals surface area contributed by atoms with Gasteiger partial charge in [0.1, 0.15) is 0 Å². The maximum absolute atomic E-state index is 11.2. The lowest BCUT2D eigenvalue weighted by Gasteiger charge is -2.23. The van der Waals surface area contributed by atoms with Crippen molar-refractivity contribution in [2.45, 2.75) is 44.5 Å². The molecule has 0 rings (SSSR count). The first-order valence-corrected chi connectivity index (χ1v) is 7.69. The van der Waals surface area contributed by atoms with Gasteiger partial charge in [0.25, 0.3) is 10.1 Å². The third-order valence-electron chi connectivity index (χ3n) is 2.12. The lowest BCUT2D eigenvalue weighted by Crippen LogP contribution is -2.33. The molecular formula is C9H20O3SSi. The van der Waals surface area contributed by atoms with Crippen molar-refractivity contribution in [3.63, 3.8) is 0 Å². The zero-order chi connectivity index (χ0) is 11.6. The van der Waals surface area contributed by atoms with Gasteiger partial charge in [-0.05, 0) is 18.9 Å². The van der Waals surface area contributed by atoms with E-state index in [2.05, 4.69) is 0 Å². The fourth-order valence-corrected chi connectivity index (χ4v) is 5.86. The van der Waals surface area contributed by atoms with E-state index in [-0.39, 0.29) is 5.04 Å². The summed E-state index contributed by atoms with van der Waals surface area (Å²) in [6.45, 7) is 9.60. The van der Waals surface area contributed by atoms with Gasteiger partial charge in [-0.25, -0.2) is 0 Å². The van der Waals surface area contributed by atoms with Gasteiger partial charge < -0.3 is 0 Å². The highest BCUT2D eigenvalue weighted by molar-refractivity contribution is 7.88. The molecule has 3 nitrogen and oxygen atoms in total. The molecule has 0 aromatic heterocycles. The molecule has 0 saturated carbocycles. The van der Waals surface area contributed by atoms with Gasteiger partial charge in [-0.2, -0.15) is 8.42 Å². The van der Waals surface area contributed by atoms with Crippen LogP contribution in [0.2, 0.25) is 5.04 Å². The molecule has 0 radical (unpaired) electrons. The molecule has 1 unspecified atom stereocenters. The molecule has 0 aliphatic heterocycles. The van der Waals surface area contributed by atoms with Crippen molar-refractivity contribution in [2.75, 3.05) is 0 Å². The molecule has 0 heterocycles. The Morgan fingerprint density at radius 2 is 1.86 bits per heavy atom. The SMILES string of the molecule is CC=C(C)C([SiH2]C(C)(C)C)S(=O)(=O)O. The van der Waals surface area contributed by atoms with E-state index in [9.17, 15) is 8.42 Å². The molecular weight excluding hydrogens is 216 g/mol. The van der Waals surface area contributed by atoms with Gasteiger partial charge in [-0.15, -0.1) is 0 Å². The summed E-state index contributed by atoms with van der Waals surface area (Å²) >= 11 is 0. The summed E-state index contributed by atoms with van der Waals surface area (Å²) in [7, 11) is -4.82. The average molecular weight is 236 g/mol. The van der Waals surface area contributed by atoms with E-state index >= 15 is 0 Å². The fraction of sp³-hybridized carbons (Fsp3) is 0.778. The molecule has 5 heteroatoms. The Morgan fingerprint density at radius 3 is 2.07 bits per heavy atom. The molecule has 0 amide bonds. The Kier molecular flexibility index (Phi) is 4.55. The first-order chi connectivity index (χ1) is 6.08. The van der Waals surface area contributed by atoms with Crippen molar-refractivity contribution in [3.8, 4) is 0 Å². The summed E-state index contributed by atoms with van der Waals surface area (Å²) in [6.07, 6.45) is 1.76. The van der Waals surface area contributed by atoms with E-state index in [4.69, 9.17) is 4.55 Å². The van der Waals surface area contributed by atoms with Crippen LogP contribution in [0.4, 0.5) is 0 Å². The zero-order valence-corrected chi connectivity index (χ0v) is 11.8. The molecule has 0 aliphatic rings.